The molecule has 2 aromatic carbocycles. The minimum atomic E-state index is -3.81. The van der Waals surface area contributed by atoms with E-state index in [0.717, 1.165) is 23.2 Å². The normalized spacial score (nSPS) is 13.7. The molecular formula is C25H23FN4O4S2. The maximum absolute atomic E-state index is 13.7. The fourth-order valence-electron chi connectivity index (χ4n) is 4.13. The largest absolute Gasteiger partial charge is 0.476 e. The number of sulfonamides is 1. The second-order valence-electron chi connectivity index (χ2n) is 8.86. The average Bonchev–Trinajstić information content (AvgIpc) is 3.41. The van der Waals surface area contributed by atoms with Gasteiger partial charge in [0.15, 0.2) is 5.69 Å². The summed E-state index contributed by atoms with van der Waals surface area (Å²) in [6.45, 7) is 0. The van der Waals surface area contributed by atoms with Crippen molar-refractivity contribution in [3.05, 3.63) is 82.2 Å². The number of benzene rings is 2. The standard InChI is InChI=1S/C25H23FN4O4S2/c26-18-8-6-17(7-9-18)23-20(13-16-3-10-19(11-4-16)36(27,33)34)22(12-5-15-1-2-15)30(29-23)25-28-21(14-35-25)24(31)32/h3-4,6-11,14-15H,1-2,5,12-13H2,(H,31,32)(H2,27,33,34). The molecule has 0 unspecified atom stereocenters. The van der Waals surface area contributed by atoms with Crippen molar-refractivity contribution in [1.29, 1.82) is 0 Å². The predicted molar refractivity (Wildman–Crippen MR) is 133 cm³/mol. The molecule has 1 aliphatic carbocycles. The second kappa shape index (κ2) is 9.57. The molecular weight excluding hydrogens is 503 g/mol. The van der Waals surface area contributed by atoms with Gasteiger partial charge in [0.05, 0.1) is 16.3 Å². The Morgan fingerprint density at radius 1 is 1.14 bits per heavy atom. The monoisotopic (exact) mass is 526 g/mol. The van der Waals surface area contributed by atoms with Crippen LogP contribution in [0.25, 0.3) is 16.4 Å². The lowest BCUT2D eigenvalue weighted by atomic mass is 9.97. The van der Waals surface area contributed by atoms with E-state index in [1.807, 2.05) is 0 Å². The van der Waals surface area contributed by atoms with Crippen LogP contribution in [0.2, 0.25) is 0 Å². The van der Waals surface area contributed by atoms with Crippen LogP contribution in [0.4, 0.5) is 4.39 Å². The number of primary sulfonamides is 1. The van der Waals surface area contributed by atoms with E-state index in [4.69, 9.17) is 10.2 Å². The van der Waals surface area contributed by atoms with Crippen LogP contribution in [-0.2, 0) is 22.9 Å². The minimum Gasteiger partial charge on any atom is -0.476 e. The lowest BCUT2D eigenvalue weighted by Crippen LogP contribution is -2.12. The number of hydrogen-bond donors (Lipinski definition) is 2. The van der Waals surface area contributed by atoms with Crippen molar-refractivity contribution in [2.24, 2.45) is 11.1 Å². The maximum atomic E-state index is 13.7. The number of carboxylic acids is 1. The van der Waals surface area contributed by atoms with Crippen LogP contribution in [0.5, 0.6) is 0 Å². The predicted octanol–water partition coefficient (Wildman–Crippen LogP) is 4.41. The second-order valence-corrected chi connectivity index (χ2v) is 11.3. The van der Waals surface area contributed by atoms with Gasteiger partial charge in [-0.05, 0) is 60.7 Å². The van der Waals surface area contributed by atoms with Gasteiger partial charge in [-0.25, -0.2) is 32.4 Å². The van der Waals surface area contributed by atoms with Crippen molar-refractivity contribution in [3.63, 3.8) is 0 Å². The van der Waals surface area contributed by atoms with E-state index in [-0.39, 0.29) is 16.4 Å². The third-order valence-corrected chi connectivity index (χ3v) is 7.96. The minimum absolute atomic E-state index is 0.0265. The van der Waals surface area contributed by atoms with Crippen molar-refractivity contribution < 1.29 is 22.7 Å². The molecule has 0 amide bonds. The fourth-order valence-corrected chi connectivity index (χ4v) is 5.42. The number of aromatic nitrogens is 3. The summed E-state index contributed by atoms with van der Waals surface area (Å²) in [6.07, 6.45) is 4.48. The Morgan fingerprint density at radius 3 is 2.42 bits per heavy atom. The smallest absolute Gasteiger partial charge is 0.355 e. The van der Waals surface area contributed by atoms with Crippen molar-refractivity contribution in [2.75, 3.05) is 0 Å². The summed E-state index contributed by atoms with van der Waals surface area (Å²) in [7, 11) is -3.81. The zero-order valence-electron chi connectivity index (χ0n) is 19.1. The Morgan fingerprint density at radius 2 is 1.83 bits per heavy atom. The molecule has 11 heteroatoms. The SMILES string of the molecule is NS(=O)(=O)c1ccc(Cc2c(-c3ccc(F)cc3)nn(-c3nc(C(=O)O)cs3)c2CCC2CC2)cc1. The van der Waals surface area contributed by atoms with E-state index < -0.39 is 16.0 Å². The molecule has 0 aliphatic heterocycles. The Bertz CT molecular complexity index is 1520. The molecule has 3 N–H and O–H groups in total. The van der Waals surface area contributed by atoms with Crippen LogP contribution in [0.3, 0.4) is 0 Å². The van der Waals surface area contributed by atoms with E-state index in [9.17, 15) is 22.7 Å². The maximum Gasteiger partial charge on any atom is 0.355 e. The number of aromatic carboxylic acids is 1. The van der Waals surface area contributed by atoms with Gasteiger partial charge in [-0.3, -0.25) is 0 Å². The van der Waals surface area contributed by atoms with Crippen molar-refractivity contribution in [1.82, 2.24) is 14.8 Å². The molecule has 8 nitrogen and oxygen atoms in total. The number of rotatable bonds is 9. The van der Waals surface area contributed by atoms with Gasteiger partial charge in [0, 0.05) is 22.9 Å². The van der Waals surface area contributed by atoms with Crippen LogP contribution in [0.15, 0.2) is 58.8 Å². The molecule has 5 rings (SSSR count). The Kier molecular flexibility index (Phi) is 6.45. The first-order chi connectivity index (χ1) is 17.2. The third-order valence-electron chi connectivity index (χ3n) is 6.22. The van der Waals surface area contributed by atoms with Crippen LogP contribution >= 0.6 is 11.3 Å². The number of carboxylic acid groups (broad SMARTS) is 1. The number of halogens is 1. The Hall–Kier alpha value is -3.41. The number of nitrogens with zero attached hydrogens (tertiary/aromatic N) is 3. The first-order valence-electron chi connectivity index (χ1n) is 11.4. The summed E-state index contributed by atoms with van der Waals surface area (Å²) in [4.78, 5) is 15.7. The quantitative estimate of drug-likeness (QED) is 0.332. The van der Waals surface area contributed by atoms with Crippen LogP contribution in [-0.4, -0.2) is 34.3 Å². The van der Waals surface area contributed by atoms with E-state index in [0.29, 0.717) is 35.1 Å². The molecule has 0 spiro atoms. The summed E-state index contributed by atoms with van der Waals surface area (Å²) in [5.74, 6) is -0.827. The zero-order chi connectivity index (χ0) is 25.4. The highest BCUT2D eigenvalue weighted by Gasteiger charge is 2.26. The topological polar surface area (TPSA) is 128 Å². The Balaban J connectivity index is 1.63. The van der Waals surface area contributed by atoms with E-state index in [1.54, 1.807) is 28.9 Å². The van der Waals surface area contributed by atoms with Gasteiger partial charge in [-0.2, -0.15) is 5.10 Å². The number of nitrogens with two attached hydrogens (primary N) is 1. The molecule has 36 heavy (non-hydrogen) atoms. The Labute approximate surface area is 211 Å². The average molecular weight is 527 g/mol. The highest BCUT2D eigenvalue weighted by atomic mass is 32.2. The number of thiazole rings is 1. The van der Waals surface area contributed by atoms with Gasteiger partial charge in [0.25, 0.3) is 0 Å². The van der Waals surface area contributed by atoms with Crippen molar-refractivity contribution in [3.8, 4) is 16.4 Å². The first-order valence-corrected chi connectivity index (χ1v) is 13.8. The summed E-state index contributed by atoms with van der Waals surface area (Å²) < 4.78 is 38.7. The van der Waals surface area contributed by atoms with Gasteiger partial charge in [-0.15, -0.1) is 11.3 Å². The van der Waals surface area contributed by atoms with E-state index >= 15 is 0 Å². The van der Waals surface area contributed by atoms with Crippen molar-refractivity contribution >= 4 is 27.3 Å². The summed E-state index contributed by atoms with van der Waals surface area (Å²) in [5, 5.41) is 21.4. The number of carbonyl (C=O) groups is 1. The zero-order valence-corrected chi connectivity index (χ0v) is 20.7. The van der Waals surface area contributed by atoms with Gasteiger partial charge in [0.2, 0.25) is 15.2 Å². The number of hydrogen-bond acceptors (Lipinski definition) is 6. The summed E-state index contributed by atoms with van der Waals surface area (Å²) in [5.41, 5.74) is 3.96. The van der Waals surface area contributed by atoms with Gasteiger partial charge < -0.3 is 5.11 Å². The van der Waals surface area contributed by atoms with Gasteiger partial charge in [0.1, 0.15) is 5.82 Å². The molecule has 0 saturated heterocycles. The van der Waals surface area contributed by atoms with Gasteiger partial charge in [-0.1, -0.05) is 25.0 Å². The molecule has 1 aliphatic rings. The molecule has 2 aromatic heterocycles. The molecule has 1 saturated carbocycles. The molecule has 0 bridgehead atoms. The molecule has 0 radical (unpaired) electrons. The van der Waals surface area contributed by atoms with Crippen molar-refractivity contribution in [2.45, 2.75) is 37.0 Å². The molecule has 1 fully saturated rings. The summed E-state index contributed by atoms with van der Waals surface area (Å²) in [6, 6.07) is 12.4. The third kappa shape index (κ3) is 5.23. The highest BCUT2D eigenvalue weighted by molar-refractivity contribution is 7.89. The first kappa shape index (κ1) is 24.3. The van der Waals surface area contributed by atoms with Crippen LogP contribution in [0, 0.1) is 11.7 Å². The lowest BCUT2D eigenvalue weighted by molar-refractivity contribution is 0.0691. The molecule has 186 valence electrons. The summed E-state index contributed by atoms with van der Waals surface area (Å²) >= 11 is 1.19. The lowest BCUT2D eigenvalue weighted by Gasteiger charge is -2.09. The highest BCUT2D eigenvalue weighted by Crippen LogP contribution is 2.37. The van der Waals surface area contributed by atoms with E-state index in [2.05, 4.69) is 4.98 Å². The fraction of sp³-hybridized carbons (Fsp3) is 0.240. The van der Waals surface area contributed by atoms with Gasteiger partial charge >= 0.3 is 5.97 Å². The molecule has 0 atom stereocenters. The molecule has 4 aromatic rings. The van der Waals surface area contributed by atoms with Crippen LogP contribution < -0.4 is 5.14 Å². The molecule has 2 heterocycles. The van der Waals surface area contributed by atoms with E-state index in [1.165, 1.54) is 53.8 Å². The van der Waals surface area contributed by atoms with Crippen LogP contribution in [0.1, 0.15) is 46.6 Å².